The summed E-state index contributed by atoms with van der Waals surface area (Å²) in [6.07, 6.45) is 2.21. The van der Waals surface area contributed by atoms with Gasteiger partial charge in [-0.15, -0.1) is 0 Å². The van der Waals surface area contributed by atoms with Crippen LogP contribution in [0.1, 0.15) is 24.0 Å². The summed E-state index contributed by atoms with van der Waals surface area (Å²) in [5, 5.41) is 8.05. The van der Waals surface area contributed by atoms with Crippen LogP contribution in [0.15, 0.2) is 72.8 Å². The molecule has 1 fully saturated rings. The van der Waals surface area contributed by atoms with Crippen LogP contribution in [-0.4, -0.2) is 37.5 Å². The molecule has 0 spiro atoms. The van der Waals surface area contributed by atoms with Crippen molar-refractivity contribution in [1.82, 2.24) is 10.6 Å². The molecule has 0 bridgehead atoms. The first kappa shape index (κ1) is 21.1. The number of carbonyl (C=O) groups excluding carboxylic acids is 2. The highest BCUT2D eigenvalue weighted by Gasteiger charge is 2.23. The summed E-state index contributed by atoms with van der Waals surface area (Å²) in [5.41, 5.74) is 2.33. The maximum atomic E-state index is 12.4. The molecule has 2 amide bonds. The molecule has 1 heterocycles. The second-order valence-electron chi connectivity index (χ2n) is 8.35. The van der Waals surface area contributed by atoms with E-state index in [9.17, 15) is 9.59 Å². The number of benzene rings is 3. The Kier molecular flexibility index (Phi) is 6.95. The molecule has 3 aromatic rings. The number of rotatable bonds is 7. The molecular weight excluding hydrogens is 386 g/mol. The molecule has 0 radical (unpaired) electrons. The van der Waals surface area contributed by atoms with E-state index in [0.29, 0.717) is 0 Å². The lowest BCUT2D eigenvalue weighted by Crippen LogP contribution is -3.12. The number of fused-ring (bicyclic) bond motifs is 1. The summed E-state index contributed by atoms with van der Waals surface area (Å²) in [6, 6.07) is 24.7. The van der Waals surface area contributed by atoms with E-state index in [2.05, 4.69) is 34.9 Å². The monoisotopic (exact) mass is 416 g/mol. The number of likely N-dealkylation sites (tertiary alicyclic amines) is 1. The van der Waals surface area contributed by atoms with Gasteiger partial charge in [-0.3, -0.25) is 9.59 Å². The highest BCUT2D eigenvalue weighted by atomic mass is 16.2. The Morgan fingerprint density at radius 2 is 1.55 bits per heavy atom. The van der Waals surface area contributed by atoms with Gasteiger partial charge in [0.05, 0.1) is 26.1 Å². The molecule has 1 aliphatic rings. The summed E-state index contributed by atoms with van der Waals surface area (Å²) in [4.78, 5) is 26.3. The Hall–Kier alpha value is -3.18. The summed E-state index contributed by atoms with van der Waals surface area (Å²) in [5.74, 6) is -0.239. The van der Waals surface area contributed by atoms with Gasteiger partial charge in [0.25, 0.3) is 0 Å². The minimum atomic E-state index is -0.131. The van der Waals surface area contributed by atoms with Crippen molar-refractivity contribution in [2.45, 2.75) is 31.8 Å². The summed E-state index contributed by atoms with van der Waals surface area (Å²) in [7, 11) is 0. The van der Waals surface area contributed by atoms with Crippen molar-refractivity contribution in [3.8, 4) is 0 Å². The molecule has 5 heteroatoms. The highest BCUT2D eigenvalue weighted by molar-refractivity contribution is 5.91. The van der Waals surface area contributed by atoms with Gasteiger partial charge in [0.1, 0.15) is 6.54 Å². The van der Waals surface area contributed by atoms with Crippen molar-refractivity contribution >= 4 is 22.6 Å². The molecule has 5 nitrogen and oxygen atoms in total. The van der Waals surface area contributed by atoms with Gasteiger partial charge in [0.2, 0.25) is 11.8 Å². The molecule has 0 aromatic heterocycles. The van der Waals surface area contributed by atoms with Crippen molar-refractivity contribution in [2.75, 3.05) is 19.6 Å². The van der Waals surface area contributed by atoms with Gasteiger partial charge in [-0.1, -0.05) is 72.8 Å². The zero-order valence-electron chi connectivity index (χ0n) is 17.8. The van der Waals surface area contributed by atoms with Crippen LogP contribution in [0.2, 0.25) is 0 Å². The molecule has 1 saturated heterocycles. The summed E-state index contributed by atoms with van der Waals surface area (Å²) in [6.45, 7) is 3.16. The fourth-order valence-electron chi connectivity index (χ4n) is 4.37. The first-order valence-corrected chi connectivity index (χ1v) is 11.1. The van der Waals surface area contributed by atoms with Crippen LogP contribution < -0.4 is 15.5 Å². The maximum absolute atomic E-state index is 12.4. The number of piperidine rings is 1. The summed E-state index contributed by atoms with van der Waals surface area (Å²) < 4.78 is 0. The van der Waals surface area contributed by atoms with Gasteiger partial charge >= 0.3 is 0 Å². The van der Waals surface area contributed by atoms with Crippen LogP contribution in [0.3, 0.4) is 0 Å². The van der Waals surface area contributed by atoms with Gasteiger partial charge in [-0.25, -0.2) is 0 Å². The Bertz CT molecular complexity index is 1020. The van der Waals surface area contributed by atoms with Crippen LogP contribution in [0.25, 0.3) is 10.8 Å². The molecule has 3 aromatic carbocycles. The highest BCUT2D eigenvalue weighted by Crippen LogP contribution is 2.18. The zero-order valence-corrected chi connectivity index (χ0v) is 17.8. The number of hydrogen-bond acceptors (Lipinski definition) is 2. The van der Waals surface area contributed by atoms with Gasteiger partial charge < -0.3 is 15.5 Å². The van der Waals surface area contributed by atoms with E-state index in [0.717, 1.165) is 48.8 Å². The fraction of sp³-hybridized carbons (Fsp3) is 0.308. The number of carbonyl (C=O) groups is 2. The van der Waals surface area contributed by atoms with Crippen LogP contribution in [-0.2, 0) is 22.6 Å². The van der Waals surface area contributed by atoms with E-state index >= 15 is 0 Å². The molecule has 0 atom stereocenters. The third-order valence-corrected chi connectivity index (χ3v) is 6.03. The summed E-state index contributed by atoms with van der Waals surface area (Å²) >= 11 is 0. The lowest BCUT2D eigenvalue weighted by molar-refractivity contribution is -0.918. The van der Waals surface area contributed by atoms with Crippen LogP contribution in [0, 0.1) is 0 Å². The average molecular weight is 417 g/mol. The molecule has 3 N–H and O–H groups in total. The Morgan fingerprint density at radius 1 is 0.839 bits per heavy atom. The van der Waals surface area contributed by atoms with Gasteiger partial charge in [-0.2, -0.15) is 0 Å². The predicted octanol–water partition coefficient (Wildman–Crippen LogP) is 1.86. The van der Waals surface area contributed by atoms with E-state index in [4.69, 9.17) is 0 Å². The van der Waals surface area contributed by atoms with Crippen LogP contribution in [0.5, 0.6) is 0 Å². The Morgan fingerprint density at radius 3 is 2.35 bits per heavy atom. The zero-order chi connectivity index (χ0) is 21.5. The van der Waals surface area contributed by atoms with E-state index in [1.807, 2.05) is 48.5 Å². The van der Waals surface area contributed by atoms with Crippen molar-refractivity contribution in [3.63, 3.8) is 0 Å². The van der Waals surface area contributed by atoms with E-state index < -0.39 is 0 Å². The van der Waals surface area contributed by atoms with Crippen molar-refractivity contribution in [2.24, 2.45) is 0 Å². The van der Waals surface area contributed by atoms with Gasteiger partial charge in [0, 0.05) is 24.4 Å². The maximum Gasteiger partial charge on any atom is 0.239 e. The third kappa shape index (κ3) is 5.92. The Labute approximate surface area is 183 Å². The smallest absolute Gasteiger partial charge is 0.239 e. The van der Waals surface area contributed by atoms with E-state index in [1.54, 1.807) is 4.90 Å². The normalized spacial score (nSPS) is 18.5. The predicted molar refractivity (Wildman–Crippen MR) is 123 cm³/mol. The first-order valence-electron chi connectivity index (χ1n) is 11.1. The SMILES string of the molecule is O=C(Cc1cccc2ccccc12)NCC(=O)NC1CC[NH+](Cc2ccccc2)CC1. The van der Waals surface area contributed by atoms with Gasteiger partial charge in [0.15, 0.2) is 0 Å². The minimum absolute atomic E-state index is 0.0285. The van der Waals surface area contributed by atoms with E-state index in [1.165, 1.54) is 5.56 Å². The van der Waals surface area contributed by atoms with Crippen molar-refractivity contribution in [3.05, 3.63) is 83.9 Å². The molecular formula is C26H30N3O2+. The Balaban J connectivity index is 1.19. The standard InChI is InChI=1S/C26H29N3O2/c30-25(17-22-11-6-10-21-9-4-5-12-24(21)22)27-18-26(31)28-23-13-15-29(16-14-23)19-20-7-2-1-3-8-20/h1-12,23H,13-19H2,(H,27,30)(H,28,31)/p+1. The minimum Gasteiger partial charge on any atom is -0.351 e. The lowest BCUT2D eigenvalue weighted by atomic mass is 10.0. The molecule has 0 unspecified atom stereocenters. The van der Waals surface area contributed by atoms with Crippen LogP contribution >= 0.6 is 0 Å². The fourth-order valence-corrected chi connectivity index (χ4v) is 4.37. The largest absolute Gasteiger partial charge is 0.351 e. The molecule has 31 heavy (non-hydrogen) atoms. The topological polar surface area (TPSA) is 62.6 Å². The number of amides is 2. The number of nitrogens with one attached hydrogen (secondary N) is 3. The molecule has 0 saturated carbocycles. The number of quaternary nitrogens is 1. The molecule has 160 valence electrons. The van der Waals surface area contributed by atoms with Crippen LogP contribution in [0.4, 0.5) is 0 Å². The lowest BCUT2D eigenvalue weighted by Gasteiger charge is -2.29. The third-order valence-electron chi connectivity index (χ3n) is 6.03. The molecule has 4 rings (SSSR count). The average Bonchev–Trinajstić information content (AvgIpc) is 2.80. The number of hydrogen-bond donors (Lipinski definition) is 3. The van der Waals surface area contributed by atoms with Gasteiger partial charge in [-0.05, 0) is 16.3 Å². The first-order chi connectivity index (χ1) is 15.2. The van der Waals surface area contributed by atoms with E-state index in [-0.39, 0.29) is 30.8 Å². The second kappa shape index (κ2) is 10.2. The quantitative estimate of drug-likeness (QED) is 0.551. The molecule has 0 aliphatic carbocycles. The van der Waals surface area contributed by atoms with Crippen molar-refractivity contribution in [1.29, 1.82) is 0 Å². The molecule has 1 aliphatic heterocycles. The van der Waals surface area contributed by atoms with Crippen molar-refractivity contribution < 1.29 is 14.5 Å². The second-order valence-corrected chi connectivity index (χ2v) is 8.35.